The molecule has 0 aromatic carbocycles. The molecule has 1 aliphatic carbocycles. The number of esters is 1. The first-order valence-electron chi connectivity index (χ1n) is 5.19. The molecule has 82 valence electrons. The number of rotatable bonds is 1. The van der Waals surface area contributed by atoms with Gasteiger partial charge in [-0.1, -0.05) is 13.3 Å². The van der Waals surface area contributed by atoms with E-state index in [0.717, 1.165) is 25.7 Å². The van der Waals surface area contributed by atoms with Gasteiger partial charge in [0.15, 0.2) is 0 Å². The fraction of sp³-hybridized carbons (Fsp3) is 0.818. The Labute approximate surface area is 85.8 Å². The minimum absolute atomic E-state index is 0.245. The second-order valence-electron chi connectivity index (χ2n) is 3.51. The van der Waals surface area contributed by atoms with Crippen LogP contribution < -0.4 is 0 Å². The number of Topliss-reactive ketones (excluding diaryl/α,β-unsaturated/α-hetero) is 1. The molecule has 0 aliphatic heterocycles. The Bertz CT molecular complexity index is 187. The van der Waals surface area contributed by atoms with Gasteiger partial charge in [-0.3, -0.25) is 9.59 Å². The van der Waals surface area contributed by atoms with E-state index in [2.05, 4.69) is 11.7 Å². The number of carbonyl (C=O) groups excluding carboxylic acids is 2. The zero-order valence-corrected chi connectivity index (χ0v) is 9.34. The van der Waals surface area contributed by atoms with Gasteiger partial charge in [-0.25, -0.2) is 0 Å². The third-order valence-electron chi connectivity index (χ3n) is 2.46. The molecule has 14 heavy (non-hydrogen) atoms. The standard InChI is InChI=1S/C8H14O.C3H6O2/c1-2-7-5-3-4-6-8(7)9;1-3(4)5-2/h7H,2-6H2,1H3;1-2H3. The summed E-state index contributed by atoms with van der Waals surface area (Å²) in [6.45, 7) is 3.47. The monoisotopic (exact) mass is 200 g/mol. The predicted molar refractivity (Wildman–Crippen MR) is 54.9 cm³/mol. The van der Waals surface area contributed by atoms with Crippen LogP contribution in [0.3, 0.4) is 0 Å². The van der Waals surface area contributed by atoms with Gasteiger partial charge in [0.2, 0.25) is 0 Å². The lowest BCUT2D eigenvalue weighted by molar-refractivity contribution is -0.138. The lowest BCUT2D eigenvalue weighted by Gasteiger charge is -2.17. The van der Waals surface area contributed by atoms with Crippen molar-refractivity contribution in [2.75, 3.05) is 7.11 Å². The van der Waals surface area contributed by atoms with Gasteiger partial charge in [-0.2, -0.15) is 0 Å². The van der Waals surface area contributed by atoms with Crippen LogP contribution in [-0.2, 0) is 14.3 Å². The van der Waals surface area contributed by atoms with E-state index in [1.165, 1.54) is 20.5 Å². The van der Waals surface area contributed by atoms with Gasteiger partial charge in [0.1, 0.15) is 5.78 Å². The molecule has 1 fully saturated rings. The molecule has 0 aromatic heterocycles. The van der Waals surface area contributed by atoms with Crippen molar-refractivity contribution in [1.29, 1.82) is 0 Å². The molecule has 3 heteroatoms. The minimum Gasteiger partial charge on any atom is -0.469 e. The highest BCUT2D eigenvalue weighted by atomic mass is 16.5. The van der Waals surface area contributed by atoms with Gasteiger partial charge >= 0.3 is 5.97 Å². The van der Waals surface area contributed by atoms with E-state index >= 15 is 0 Å². The molecule has 0 saturated heterocycles. The third-order valence-corrected chi connectivity index (χ3v) is 2.46. The summed E-state index contributed by atoms with van der Waals surface area (Å²) in [6, 6.07) is 0. The summed E-state index contributed by atoms with van der Waals surface area (Å²) in [4.78, 5) is 20.6. The maximum absolute atomic E-state index is 11.0. The number of ether oxygens (including phenoxy) is 1. The van der Waals surface area contributed by atoms with Crippen molar-refractivity contribution in [2.24, 2.45) is 5.92 Å². The topological polar surface area (TPSA) is 43.4 Å². The van der Waals surface area contributed by atoms with Gasteiger partial charge in [-0.05, 0) is 19.3 Å². The van der Waals surface area contributed by atoms with E-state index < -0.39 is 0 Å². The molecule has 0 radical (unpaired) electrons. The van der Waals surface area contributed by atoms with Crippen LogP contribution in [0.15, 0.2) is 0 Å². The van der Waals surface area contributed by atoms with E-state index in [-0.39, 0.29) is 5.97 Å². The summed E-state index contributed by atoms with van der Waals surface area (Å²) in [5.74, 6) is 0.674. The fourth-order valence-corrected chi connectivity index (χ4v) is 1.49. The molecule has 0 spiro atoms. The van der Waals surface area contributed by atoms with Crippen molar-refractivity contribution in [3.63, 3.8) is 0 Å². The number of carbonyl (C=O) groups is 2. The molecule has 0 aromatic rings. The highest BCUT2D eigenvalue weighted by molar-refractivity contribution is 5.81. The summed E-state index contributed by atoms with van der Waals surface area (Å²) in [7, 11) is 1.35. The molecule has 1 atom stereocenters. The molecular formula is C11H20O3. The van der Waals surface area contributed by atoms with Gasteiger partial charge in [0.25, 0.3) is 0 Å². The first-order valence-corrected chi connectivity index (χ1v) is 5.19. The van der Waals surface area contributed by atoms with Crippen LogP contribution in [0.4, 0.5) is 0 Å². The highest BCUT2D eigenvalue weighted by Gasteiger charge is 2.19. The zero-order chi connectivity index (χ0) is 11.0. The fourth-order valence-electron chi connectivity index (χ4n) is 1.49. The molecule has 3 nitrogen and oxygen atoms in total. The molecule has 1 aliphatic rings. The van der Waals surface area contributed by atoms with Gasteiger partial charge in [0, 0.05) is 19.3 Å². The second kappa shape index (κ2) is 7.54. The first kappa shape index (κ1) is 13.1. The summed E-state index contributed by atoms with van der Waals surface area (Å²) in [5, 5.41) is 0. The van der Waals surface area contributed by atoms with Crippen LogP contribution >= 0.6 is 0 Å². The Kier molecular flexibility index (Phi) is 7.07. The van der Waals surface area contributed by atoms with Gasteiger partial charge in [0.05, 0.1) is 7.11 Å². The van der Waals surface area contributed by atoms with Crippen molar-refractivity contribution >= 4 is 11.8 Å². The molecular weight excluding hydrogens is 180 g/mol. The number of hydrogen-bond acceptors (Lipinski definition) is 3. The lowest BCUT2D eigenvalue weighted by atomic mass is 9.86. The van der Waals surface area contributed by atoms with E-state index in [4.69, 9.17) is 0 Å². The minimum atomic E-state index is -0.245. The van der Waals surface area contributed by atoms with Crippen LogP contribution in [0.5, 0.6) is 0 Å². The summed E-state index contributed by atoms with van der Waals surface area (Å²) >= 11 is 0. The number of hydrogen-bond donors (Lipinski definition) is 0. The summed E-state index contributed by atoms with van der Waals surface area (Å²) in [6.07, 6.45) is 5.45. The molecule has 0 N–H and O–H groups in total. The van der Waals surface area contributed by atoms with Crippen molar-refractivity contribution in [1.82, 2.24) is 0 Å². The van der Waals surface area contributed by atoms with E-state index in [0.29, 0.717) is 11.7 Å². The SMILES string of the molecule is CCC1CCCCC1=O.COC(C)=O. The maximum Gasteiger partial charge on any atom is 0.302 e. The van der Waals surface area contributed by atoms with Crippen LogP contribution in [0.2, 0.25) is 0 Å². The molecule has 0 amide bonds. The Morgan fingerprint density at radius 3 is 2.36 bits per heavy atom. The van der Waals surface area contributed by atoms with Crippen LogP contribution in [0.25, 0.3) is 0 Å². The van der Waals surface area contributed by atoms with Gasteiger partial charge < -0.3 is 4.74 Å². The average Bonchev–Trinajstić information content (AvgIpc) is 2.19. The smallest absolute Gasteiger partial charge is 0.302 e. The molecule has 0 bridgehead atoms. The average molecular weight is 200 g/mol. The van der Waals surface area contributed by atoms with E-state index in [1.54, 1.807) is 0 Å². The quantitative estimate of drug-likeness (QED) is 0.610. The molecule has 1 rings (SSSR count). The summed E-state index contributed by atoms with van der Waals surface area (Å²) < 4.78 is 4.11. The van der Waals surface area contributed by atoms with Crippen molar-refractivity contribution in [3.05, 3.63) is 0 Å². The summed E-state index contributed by atoms with van der Waals surface area (Å²) in [5.41, 5.74) is 0. The van der Waals surface area contributed by atoms with Crippen molar-refractivity contribution < 1.29 is 14.3 Å². The second-order valence-corrected chi connectivity index (χ2v) is 3.51. The van der Waals surface area contributed by atoms with E-state index in [1.807, 2.05) is 0 Å². The van der Waals surface area contributed by atoms with Crippen LogP contribution in [0, 0.1) is 5.92 Å². The molecule has 1 saturated carbocycles. The van der Waals surface area contributed by atoms with Gasteiger partial charge in [-0.15, -0.1) is 0 Å². The zero-order valence-electron chi connectivity index (χ0n) is 9.34. The molecule has 1 unspecified atom stereocenters. The molecule has 0 heterocycles. The third kappa shape index (κ3) is 5.73. The van der Waals surface area contributed by atoms with Crippen LogP contribution in [0.1, 0.15) is 46.0 Å². The van der Waals surface area contributed by atoms with Crippen LogP contribution in [-0.4, -0.2) is 18.9 Å². The Hall–Kier alpha value is -0.860. The Morgan fingerprint density at radius 2 is 2.07 bits per heavy atom. The van der Waals surface area contributed by atoms with Crippen molar-refractivity contribution in [3.8, 4) is 0 Å². The lowest BCUT2D eigenvalue weighted by Crippen LogP contribution is -2.17. The van der Waals surface area contributed by atoms with Crippen molar-refractivity contribution in [2.45, 2.75) is 46.0 Å². The normalized spacial score (nSPS) is 20.8. The number of ketones is 1. The first-order chi connectivity index (χ1) is 6.61. The maximum atomic E-state index is 11.0. The Balaban J connectivity index is 0.000000292. The highest BCUT2D eigenvalue weighted by Crippen LogP contribution is 2.22. The number of methoxy groups -OCH3 is 1. The largest absolute Gasteiger partial charge is 0.469 e. The van der Waals surface area contributed by atoms with E-state index in [9.17, 15) is 9.59 Å². The predicted octanol–water partition coefficient (Wildman–Crippen LogP) is 2.33. The Morgan fingerprint density at radius 1 is 1.50 bits per heavy atom.